The van der Waals surface area contributed by atoms with Crippen molar-refractivity contribution < 1.29 is 22.7 Å². The Morgan fingerprint density at radius 3 is 2.43 bits per heavy atom. The number of benzene rings is 1. The summed E-state index contributed by atoms with van der Waals surface area (Å²) < 4.78 is 30.6. The van der Waals surface area contributed by atoms with Gasteiger partial charge >= 0.3 is 6.09 Å². The highest BCUT2D eigenvalue weighted by Crippen LogP contribution is 2.16. The van der Waals surface area contributed by atoms with Gasteiger partial charge in [-0.25, -0.2) is 17.9 Å². The largest absolute Gasteiger partial charge is 0.444 e. The van der Waals surface area contributed by atoms with Crippen molar-refractivity contribution in [1.82, 2.24) is 9.62 Å². The van der Waals surface area contributed by atoms with E-state index in [4.69, 9.17) is 4.74 Å². The molecule has 2 N–H and O–H groups in total. The number of rotatable bonds is 5. The summed E-state index contributed by atoms with van der Waals surface area (Å²) in [6.07, 6.45) is 2.30. The van der Waals surface area contributed by atoms with Crippen LogP contribution in [0.4, 0.5) is 10.5 Å². The van der Waals surface area contributed by atoms with E-state index in [1.807, 2.05) is 0 Å². The fourth-order valence-electron chi connectivity index (χ4n) is 3.02. The van der Waals surface area contributed by atoms with Gasteiger partial charge in [-0.1, -0.05) is 12.1 Å². The lowest BCUT2D eigenvalue weighted by molar-refractivity contribution is -0.131. The van der Waals surface area contributed by atoms with Crippen LogP contribution in [0.25, 0.3) is 0 Å². The van der Waals surface area contributed by atoms with Crippen molar-refractivity contribution in [3.8, 4) is 0 Å². The average Bonchev–Trinajstić information content (AvgIpc) is 2.53. The van der Waals surface area contributed by atoms with E-state index in [9.17, 15) is 18.0 Å². The molecular formula is C19H29N3O5S. The predicted octanol–water partition coefficient (Wildman–Crippen LogP) is 2.12. The summed E-state index contributed by atoms with van der Waals surface area (Å²) in [5.41, 5.74) is 0.827. The van der Waals surface area contributed by atoms with Crippen LogP contribution in [0.2, 0.25) is 0 Å². The molecule has 0 saturated carbocycles. The van der Waals surface area contributed by atoms with Crippen LogP contribution in [-0.4, -0.2) is 56.3 Å². The van der Waals surface area contributed by atoms with E-state index in [-0.39, 0.29) is 18.4 Å². The molecule has 1 fully saturated rings. The Hall–Kier alpha value is -2.13. The van der Waals surface area contributed by atoms with Crippen LogP contribution in [0.3, 0.4) is 0 Å². The number of sulfonamides is 1. The highest BCUT2D eigenvalue weighted by molar-refractivity contribution is 7.88. The number of carbonyl (C=O) groups excluding carboxylic acids is 2. The fourth-order valence-corrected chi connectivity index (χ4v) is 3.81. The molecule has 0 bridgehead atoms. The second-order valence-corrected chi connectivity index (χ2v) is 9.85. The number of nitrogens with zero attached hydrogens (tertiary/aromatic N) is 1. The molecule has 0 radical (unpaired) electrons. The zero-order valence-electron chi connectivity index (χ0n) is 16.8. The second-order valence-electron chi connectivity index (χ2n) is 8.07. The third-order valence-corrected chi connectivity index (χ3v) is 4.87. The maximum Gasteiger partial charge on any atom is 0.412 e. The number of anilines is 1. The van der Waals surface area contributed by atoms with E-state index >= 15 is 0 Å². The highest BCUT2D eigenvalue weighted by atomic mass is 32.2. The first-order chi connectivity index (χ1) is 12.9. The molecule has 1 atom stereocenters. The van der Waals surface area contributed by atoms with Crippen molar-refractivity contribution in [1.29, 1.82) is 0 Å². The third-order valence-electron chi connectivity index (χ3n) is 4.11. The van der Waals surface area contributed by atoms with Crippen molar-refractivity contribution in [2.75, 3.05) is 24.7 Å². The number of ether oxygens (including phenoxy) is 1. The maximum absolute atomic E-state index is 12.6. The molecular weight excluding hydrogens is 382 g/mol. The first-order valence-electron chi connectivity index (χ1n) is 9.25. The zero-order chi connectivity index (χ0) is 20.9. The summed E-state index contributed by atoms with van der Waals surface area (Å²) in [5, 5.41) is 2.65. The van der Waals surface area contributed by atoms with Crippen LogP contribution in [-0.2, 0) is 26.0 Å². The normalized spacial score (nSPS) is 17.9. The number of hydrogen-bond acceptors (Lipinski definition) is 5. The molecule has 2 amide bonds. The third kappa shape index (κ3) is 7.85. The molecule has 1 saturated heterocycles. The number of nitrogens with one attached hydrogen (secondary N) is 2. The van der Waals surface area contributed by atoms with E-state index in [1.165, 1.54) is 0 Å². The van der Waals surface area contributed by atoms with E-state index in [0.29, 0.717) is 18.8 Å². The zero-order valence-corrected chi connectivity index (χ0v) is 17.6. The van der Waals surface area contributed by atoms with E-state index in [0.717, 1.165) is 24.7 Å². The van der Waals surface area contributed by atoms with Gasteiger partial charge in [-0.15, -0.1) is 0 Å². The van der Waals surface area contributed by atoms with Gasteiger partial charge in [0.25, 0.3) is 0 Å². The Bertz CT molecular complexity index is 800. The lowest BCUT2D eigenvalue weighted by Crippen LogP contribution is -2.49. The minimum absolute atomic E-state index is 0.0483. The summed E-state index contributed by atoms with van der Waals surface area (Å²) in [6.45, 7) is 6.37. The topological polar surface area (TPSA) is 105 Å². The lowest BCUT2D eigenvalue weighted by atomic mass is 10.0. The first kappa shape index (κ1) is 22.2. The molecule has 28 heavy (non-hydrogen) atoms. The van der Waals surface area contributed by atoms with Crippen molar-refractivity contribution >= 4 is 27.7 Å². The Morgan fingerprint density at radius 1 is 1.21 bits per heavy atom. The molecule has 0 spiro atoms. The van der Waals surface area contributed by atoms with Gasteiger partial charge in [-0.2, -0.15) is 0 Å². The number of hydrogen-bond donors (Lipinski definition) is 2. The van der Waals surface area contributed by atoms with Crippen molar-refractivity contribution in [3.05, 3.63) is 29.8 Å². The maximum atomic E-state index is 12.6. The smallest absolute Gasteiger partial charge is 0.412 e. The summed E-state index contributed by atoms with van der Waals surface area (Å²) >= 11 is 0. The van der Waals surface area contributed by atoms with Gasteiger partial charge in [0.2, 0.25) is 15.9 Å². The fraction of sp³-hybridized carbons (Fsp3) is 0.579. The Kier molecular flexibility index (Phi) is 7.06. The summed E-state index contributed by atoms with van der Waals surface area (Å²) in [6, 6.07) is 6.75. The molecule has 9 heteroatoms. The Morgan fingerprint density at radius 2 is 1.86 bits per heavy atom. The van der Waals surface area contributed by atoms with E-state index in [2.05, 4.69) is 10.0 Å². The standard InChI is InChI=1S/C19H29N3O5S/c1-19(2,3)27-18(24)20-15-9-7-14(8-10-15)12-17(23)22-11-5-6-16(13-22)21-28(4,25)26/h7-10,16,21H,5-6,11-13H2,1-4H3,(H,20,24). The minimum Gasteiger partial charge on any atom is -0.444 e. The van der Waals surface area contributed by atoms with Crippen LogP contribution < -0.4 is 10.0 Å². The van der Waals surface area contributed by atoms with Gasteiger partial charge < -0.3 is 9.64 Å². The van der Waals surface area contributed by atoms with E-state index in [1.54, 1.807) is 49.9 Å². The molecule has 1 unspecified atom stereocenters. The molecule has 0 aliphatic carbocycles. The molecule has 0 aromatic heterocycles. The minimum atomic E-state index is -3.29. The first-order valence-corrected chi connectivity index (χ1v) is 11.1. The molecule has 156 valence electrons. The van der Waals surface area contributed by atoms with Crippen LogP contribution in [0.5, 0.6) is 0 Å². The van der Waals surface area contributed by atoms with E-state index < -0.39 is 21.7 Å². The molecule has 1 aromatic carbocycles. The highest BCUT2D eigenvalue weighted by Gasteiger charge is 2.25. The van der Waals surface area contributed by atoms with Crippen molar-refractivity contribution in [2.24, 2.45) is 0 Å². The van der Waals surface area contributed by atoms with Gasteiger partial charge in [0.15, 0.2) is 0 Å². The van der Waals surface area contributed by atoms with Gasteiger partial charge in [0.05, 0.1) is 12.7 Å². The van der Waals surface area contributed by atoms with Gasteiger partial charge in [-0.3, -0.25) is 10.1 Å². The molecule has 1 aliphatic rings. The molecule has 8 nitrogen and oxygen atoms in total. The summed E-state index contributed by atoms with van der Waals surface area (Å²) in [7, 11) is -3.29. The van der Waals surface area contributed by atoms with Crippen LogP contribution in [0.15, 0.2) is 24.3 Å². The van der Waals surface area contributed by atoms with Gasteiger partial charge in [-0.05, 0) is 51.3 Å². The van der Waals surface area contributed by atoms with Crippen LogP contribution >= 0.6 is 0 Å². The van der Waals surface area contributed by atoms with Gasteiger partial charge in [0, 0.05) is 24.8 Å². The molecule has 1 aromatic rings. The summed E-state index contributed by atoms with van der Waals surface area (Å²) in [5.74, 6) is -0.0483. The SMILES string of the molecule is CC(C)(C)OC(=O)Nc1ccc(CC(=O)N2CCCC(NS(C)(=O)=O)C2)cc1. The summed E-state index contributed by atoms with van der Waals surface area (Å²) in [4.78, 5) is 26.0. The number of piperidine rings is 1. The predicted molar refractivity (Wildman–Crippen MR) is 108 cm³/mol. The Balaban J connectivity index is 1.89. The van der Waals surface area contributed by atoms with Crippen molar-refractivity contribution in [3.63, 3.8) is 0 Å². The van der Waals surface area contributed by atoms with Gasteiger partial charge in [0.1, 0.15) is 5.60 Å². The van der Waals surface area contributed by atoms with Crippen LogP contribution in [0, 0.1) is 0 Å². The Labute approximate surface area is 166 Å². The quantitative estimate of drug-likeness (QED) is 0.772. The average molecular weight is 412 g/mol. The number of carbonyl (C=O) groups is 2. The number of likely N-dealkylation sites (tertiary alicyclic amines) is 1. The lowest BCUT2D eigenvalue weighted by Gasteiger charge is -2.32. The molecule has 2 rings (SSSR count). The van der Waals surface area contributed by atoms with Crippen molar-refractivity contribution in [2.45, 2.75) is 51.7 Å². The molecule has 1 heterocycles. The molecule has 1 aliphatic heterocycles. The number of amides is 2. The second kappa shape index (κ2) is 8.91. The monoisotopic (exact) mass is 411 g/mol. The van der Waals surface area contributed by atoms with Crippen LogP contribution in [0.1, 0.15) is 39.2 Å².